The predicted octanol–water partition coefficient (Wildman–Crippen LogP) is 3.58. The molecule has 2 aliphatic carbocycles. The summed E-state index contributed by atoms with van der Waals surface area (Å²) in [4.78, 5) is 12.5. The summed E-state index contributed by atoms with van der Waals surface area (Å²) in [6.45, 7) is 4.17. The molecule has 0 aromatic rings. The zero-order chi connectivity index (χ0) is 13.1. The molecule has 2 nitrogen and oxygen atoms in total. The molecule has 2 unspecified atom stereocenters. The number of carbonyl (C=O) groups excluding carboxylic acids is 1. The normalized spacial score (nSPS) is 24.2. The van der Waals surface area contributed by atoms with Gasteiger partial charge < -0.3 is 5.32 Å². The van der Waals surface area contributed by atoms with E-state index in [9.17, 15) is 4.79 Å². The summed E-state index contributed by atoms with van der Waals surface area (Å²) in [7, 11) is 0. The average Bonchev–Trinajstić information content (AvgIpc) is 2.21. The second kappa shape index (κ2) is 6.27. The lowest BCUT2D eigenvalue weighted by molar-refractivity contribution is -0.132. The van der Waals surface area contributed by atoms with Crippen molar-refractivity contribution in [2.24, 2.45) is 23.7 Å². The molecule has 1 N–H and O–H groups in total. The fraction of sp³-hybridized carbons (Fsp3) is 0.933. The summed E-state index contributed by atoms with van der Waals surface area (Å²) in [5.41, 5.74) is 0. The van der Waals surface area contributed by atoms with Crippen LogP contribution < -0.4 is 5.32 Å². The fourth-order valence-electron chi connectivity index (χ4n) is 3.01. The second-order valence-electron chi connectivity index (χ2n) is 6.34. The summed E-state index contributed by atoms with van der Waals surface area (Å²) in [5.74, 6) is 2.87. The Labute approximate surface area is 116 Å². The molecule has 0 saturated heterocycles. The van der Waals surface area contributed by atoms with Gasteiger partial charge in [-0.05, 0) is 50.4 Å². The topological polar surface area (TPSA) is 29.1 Å². The first-order chi connectivity index (χ1) is 8.63. The second-order valence-corrected chi connectivity index (χ2v) is 6.65. The molecule has 2 atom stereocenters. The van der Waals surface area contributed by atoms with Gasteiger partial charge in [0.15, 0.2) is 0 Å². The summed E-state index contributed by atoms with van der Waals surface area (Å²) >= 11 is 5.86. The molecule has 2 saturated carbocycles. The van der Waals surface area contributed by atoms with Crippen molar-refractivity contribution in [3.05, 3.63) is 0 Å². The van der Waals surface area contributed by atoms with E-state index in [2.05, 4.69) is 19.2 Å². The minimum absolute atomic E-state index is 0.192. The molecule has 0 aliphatic heterocycles. The van der Waals surface area contributed by atoms with Gasteiger partial charge in [0, 0.05) is 17.8 Å². The summed E-state index contributed by atoms with van der Waals surface area (Å²) in [6.07, 6.45) is 7.66. The maximum Gasteiger partial charge on any atom is 0.223 e. The number of carbonyl (C=O) groups is 1. The molecule has 0 aromatic heterocycles. The number of amides is 1. The van der Waals surface area contributed by atoms with E-state index in [-0.39, 0.29) is 12.0 Å². The Morgan fingerprint density at radius 1 is 1.17 bits per heavy atom. The number of hydrogen-bond acceptors (Lipinski definition) is 1. The number of alkyl halides is 1. The molecule has 0 bridgehead atoms. The largest absolute Gasteiger partial charge is 0.353 e. The van der Waals surface area contributed by atoms with Crippen molar-refractivity contribution in [2.75, 3.05) is 5.88 Å². The smallest absolute Gasteiger partial charge is 0.223 e. The monoisotopic (exact) mass is 271 g/mol. The third-order valence-electron chi connectivity index (χ3n) is 5.09. The van der Waals surface area contributed by atoms with Crippen LogP contribution in [0, 0.1) is 23.7 Å². The van der Waals surface area contributed by atoms with Crippen molar-refractivity contribution in [3.8, 4) is 0 Å². The zero-order valence-electron chi connectivity index (χ0n) is 11.6. The van der Waals surface area contributed by atoms with Crippen LogP contribution in [0.1, 0.15) is 52.4 Å². The maximum absolute atomic E-state index is 12.5. The van der Waals surface area contributed by atoms with Crippen molar-refractivity contribution >= 4 is 17.5 Å². The fourth-order valence-corrected chi connectivity index (χ4v) is 3.27. The first kappa shape index (κ1) is 14.2. The third kappa shape index (κ3) is 3.01. The number of hydrogen-bond donors (Lipinski definition) is 1. The highest BCUT2D eigenvalue weighted by Crippen LogP contribution is 2.44. The van der Waals surface area contributed by atoms with E-state index >= 15 is 0 Å². The van der Waals surface area contributed by atoms with Crippen molar-refractivity contribution in [2.45, 2.75) is 58.4 Å². The van der Waals surface area contributed by atoms with Crippen LogP contribution in [0.5, 0.6) is 0 Å². The SMILES string of the molecule is CC(CCl)C(C)NC(=O)C(C1CCC1)C1CCC1. The first-order valence-electron chi connectivity index (χ1n) is 7.49. The Bertz CT molecular complexity index is 272. The summed E-state index contributed by atoms with van der Waals surface area (Å²) in [6, 6.07) is 0.192. The highest BCUT2D eigenvalue weighted by molar-refractivity contribution is 6.18. The van der Waals surface area contributed by atoms with E-state index in [0.717, 1.165) is 0 Å². The molecule has 18 heavy (non-hydrogen) atoms. The van der Waals surface area contributed by atoms with Crippen molar-refractivity contribution in [1.29, 1.82) is 0 Å². The van der Waals surface area contributed by atoms with Crippen LogP contribution in [0.15, 0.2) is 0 Å². The average molecular weight is 272 g/mol. The van der Waals surface area contributed by atoms with Gasteiger partial charge in [-0.1, -0.05) is 19.8 Å². The van der Waals surface area contributed by atoms with Crippen LogP contribution in [0.4, 0.5) is 0 Å². The number of rotatable bonds is 6. The van der Waals surface area contributed by atoms with E-state index in [1.807, 2.05) is 0 Å². The van der Waals surface area contributed by atoms with Gasteiger partial charge in [-0.3, -0.25) is 4.79 Å². The summed E-state index contributed by atoms with van der Waals surface area (Å²) < 4.78 is 0. The van der Waals surface area contributed by atoms with Gasteiger partial charge >= 0.3 is 0 Å². The van der Waals surface area contributed by atoms with E-state index in [1.54, 1.807) is 0 Å². The van der Waals surface area contributed by atoms with Crippen LogP contribution in [0.25, 0.3) is 0 Å². The van der Waals surface area contributed by atoms with Gasteiger partial charge in [0.25, 0.3) is 0 Å². The highest BCUT2D eigenvalue weighted by atomic mass is 35.5. The van der Waals surface area contributed by atoms with Gasteiger partial charge in [0.1, 0.15) is 0 Å². The van der Waals surface area contributed by atoms with E-state index in [4.69, 9.17) is 11.6 Å². The molecule has 0 heterocycles. The summed E-state index contributed by atoms with van der Waals surface area (Å²) in [5, 5.41) is 3.21. The standard InChI is InChI=1S/C15H26ClNO/c1-10(9-16)11(2)17-15(18)14(12-5-3-6-12)13-7-4-8-13/h10-14H,3-9H2,1-2H3,(H,17,18). The minimum Gasteiger partial charge on any atom is -0.353 e. The van der Waals surface area contributed by atoms with E-state index in [0.29, 0.717) is 29.5 Å². The van der Waals surface area contributed by atoms with Crippen molar-refractivity contribution in [3.63, 3.8) is 0 Å². The molecule has 1 amide bonds. The first-order valence-corrected chi connectivity index (χ1v) is 8.03. The molecule has 2 aliphatic rings. The Morgan fingerprint density at radius 2 is 1.67 bits per heavy atom. The third-order valence-corrected chi connectivity index (χ3v) is 5.57. The van der Waals surface area contributed by atoms with Crippen LogP contribution in [0.3, 0.4) is 0 Å². The molecular weight excluding hydrogens is 246 g/mol. The Kier molecular flexibility index (Phi) is 4.94. The number of nitrogens with one attached hydrogen (secondary N) is 1. The molecule has 2 rings (SSSR count). The van der Waals surface area contributed by atoms with Crippen molar-refractivity contribution < 1.29 is 4.79 Å². The predicted molar refractivity (Wildman–Crippen MR) is 75.7 cm³/mol. The van der Waals surface area contributed by atoms with Gasteiger partial charge in [-0.25, -0.2) is 0 Å². The lowest BCUT2D eigenvalue weighted by atomic mass is 9.64. The van der Waals surface area contributed by atoms with Crippen LogP contribution in [-0.2, 0) is 4.79 Å². The molecule has 0 spiro atoms. The zero-order valence-corrected chi connectivity index (χ0v) is 12.4. The highest BCUT2D eigenvalue weighted by Gasteiger charge is 2.40. The van der Waals surface area contributed by atoms with E-state index < -0.39 is 0 Å². The Hall–Kier alpha value is -0.240. The van der Waals surface area contributed by atoms with Crippen LogP contribution >= 0.6 is 11.6 Å². The van der Waals surface area contributed by atoms with Crippen molar-refractivity contribution in [1.82, 2.24) is 5.32 Å². The molecular formula is C15H26ClNO. The van der Waals surface area contributed by atoms with Crippen LogP contribution in [-0.4, -0.2) is 17.8 Å². The quantitative estimate of drug-likeness (QED) is 0.735. The molecule has 2 fully saturated rings. The lowest BCUT2D eigenvalue weighted by Crippen LogP contribution is -2.48. The van der Waals surface area contributed by atoms with Gasteiger partial charge in [0.05, 0.1) is 0 Å². The van der Waals surface area contributed by atoms with E-state index in [1.165, 1.54) is 38.5 Å². The van der Waals surface area contributed by atoms with Crippen LogP contribution in [0.2, 0.25) is 0 Å². The molecule has 3 heteroatoms. The van der Waals surface area contributed by atoms with Gasteiger partial charge in [0.2, 0.25) is 5.91 Å². The number of halogens is 1. The Balaban J connectivity index is 1.90. The molecule has 104 valence electrons. The molecule has 0 aromatic carbocycles. The maximum atomic E-state index is 12.5. The van der Waals surface area contributed by atoms with Gasteiger partial charge in [-0.2, -0.15) is 0 Å². The van der Waals surface area contributed by atoms with Gasteiger partial charge in [-0.15, -0.1) is 11.6 Å². The minimum atomic E-state index is 0.192. The molecule has 0 radical (unpaired) electrons. The Morgan fingerprint density at radius 3 is 2.00 bits per heavy atom. The lowest BCUT2D eigenvalue weighted by Gasteiger charge is -2.42.